The molecule has 110 valence electrons. The molecule has 0 fully saturated rings. The summed E-state index contributed by atoms with van der Waals surface area (Å²) < 4.78 is 5.63. The van der Waals surface area contributed by atoms with Crippen molar-refractivity contribution in [1.82, 2.24) is 0 Å². The second-order valence-electron chi connectivity index (χ2n) is 5.23. The zero-order valence-electron chi connectivity index (χ0n) is 12.5. The maximum absolute atomic E-state index is 8.64. The van der Waals surface area contributed by atoms with Crippen molar-refractivity contribution in [1.29, 1.82) is 0 Å². The molecule has 0 radical (unpaired) electrons. The molecule has 0 heterocycles. The molecule has 0 saturated carbocycles. The van der Waals surface area contributed by atoms with Crippen molar-refractivity contribution in [3.8, 4) is 0 Å². The van der Waals surface area contributed by atoms with Gasteiger partial charge in [0.25, 0.3) is 0 Å². The van der Waals surface area contributed by atoms with Gasteiger partial charge in [0, 0.05) is 19.8 Å². The molecular formula is C16H34O2. The minimum absolute atomic E-state index is 0.349. The van der Waals surface area contributed by atoms with E-state index in [4.69, 9.17) is 9.84 Å². The molecule has 2 heteroatoms. The molecule has 0 aliphatic rings. The van der Waals surface area contributed by atoms with E-state index in [1.165, 1.54) is 70.6 Å². The van der Waals surface area contributed by atoms with E-state index >= 15 is 0 Å². The molecule has 0 amide bonds. The molecule has 0 bridgehead atoms. The van der Waals surface area contributed by atoms with Gasteiger partial charge in [0.05, 0.1) is 0 Å². The van der Waals surface area contributed by atoms with E-state index < -0.39 is 0 Å². The predicted molar refractivity (Wildman–Crippen MR) is 79.0 cm³/mol. The fourth-order valence-electron chi connectivity index (χ4n) is 2.11. The summed E-state index contributed by atoms with van der Waals surface area (Å²) in [5.41, 5.74) is 0. The second-order valence-corrected chi connectivity index (χ2v) is 5.23. The third kappa shape index (κ3) is 15.9. The van der Waals surface area contributed by atoms with Crippen molar-refractivity contribution < 1.29 is 9.84 Å². The average molecular weight is 258 g/mol. The van der Waals surface area contributed by atoms with E-state index in [1.807, 2.05) is 0 Å². The molecule has 0 rings (SSSR count). The summed E-state index contributed by atoms with van der Waals surface area (Å²) in [4.78, 5) is 0. The first-order valence-corrected chi connectivity index (χ1v) is 8.10. The van der Waals surface area contributed by atoms with E-state index in [-0.39, 0.29) is 0 Å². The minimum Gasteiger partial charge on any atom is -0.396 e. The molecule has 0 aliphatic carbocycles. The maximum Gasteiger partial charge on any atom is 0.0466 e. The molecule has 18 heavy (non-hydrogen) atoms. The quantitative estimate of drug-likeness (QED) is 0.432. The highest BCUT2D eigenvalue weighted by atomic mass is 16.5. The van der Waals surface area contributed by atoms with Crippen molar-refractivity contribution in [3.05, 3.63) is 0 Å². The summed E-state index contributed by atoms with van der Waals surface area (Å²) in [5, 5.41) is 8.64. The molecule has 0 atom stereocenters. The summed E-state index contributed by atoms with van der Waals surface area (Å²) in [7, 11) is 0. The lowest BCUT2D eigenvalue weighted by Gasteiger charge is -2.04. The molecule has 0 spiro atoms. The number of unbranched alkanes of at least 4 members (excludes halogenated alkanes) is 10. The summed E-state index contributed by atoms with van der Waals surface area (Å²) in [6.07, 6.45) is 15.2. The van der Waals surface area contributed by atoms with Crippen molar-refractivity contribution >= 4 is 0 Å². The molecule has 0 aliphatic heterocycles. The van der Waals surface area contributed by atoms with Crippen LogP contribution >= 0.6 is 0 Å². The SMILES string of the molecule is CCCCCCCCOCCCCCCCCO. The van der Waals surface area contributed by atoms with Gasteiger partial charge in [0.1, 0.15) is 0 Å². The van der Waals surface area contributed by atoms with Crippen LogP contribution in [0.1, 0.15) is 84.0 Å². The number of hydrogen-bond donors (Lipinski definition) is 1. The number of hydrogen-bond acceptors (Lipinski definition) is 2. The van der Waals surface area contributed by atoms with Gasteiger partial charge in [-0.1, -0.05) is 64.7 Å². The van der Waals surface area contributed by atoms with Crippen LogP contribution in [0.3, 0.4) is 0 Å². The Bertz CT molecular complexity index is 121. The highest BCUT2D eigenvalue weighted by Crippen LogP contribution is 2.07. The molecule has 0 aromatic rings. The van der Waals surface area contributed by atoms with Crippen LogP contribution in [-0.2, 0) is 4.74 Å². The van der Waals surface area contributed by atoms with Crippen LogP contribution in [0.5, 0.6) is 0 Å². The van der Waals surface area contributed by atoms with Crippen LogP contribution in [0.25, 0.3) is 0 Å². The fraction of sp³-hybridized carbons (Fsp3) is 1.00. The van der Waals surface area contributed by atoms with Gasteiger partial charge in [-0.3, -0.25) is 0 Å². The lowest BCUT2D eigenvalue weighted by molar-refractivity contribution is 0.125. The largest absolute Gasteiger partial charge is 0.396 e. The van der Waals surface area contributed by atoms with Crippen LogP contribution in [0, 0.1) is 0 Å². The monoisotopic (exact) mass is 258 g/mol. The zero-order chi connectivity index (χ0) is 13.3. The smallest absolute Gasteiger partial charge is 0.0466 e. The molecule has 0 aromatic heterocycles. The van der Waals surface area contributed by atoms with Gasteiger partial charge in [0.15, 0.2) is 0 Å². The zero-order valence-corrected chi connectivity index (χ0v) is 12.5. The first-order chi connectivity index (χ1) is 8.91. The highest BCUT2D eigenvalue weighted by molar-refractivity contribution is 4.46. The van der Waals surface area contributed by atoms with Gasteiger partial charge in [-0.15, -0.1) is 0 Å². The average Bonchev–Trinajstić information content (AvgIpc) is 2.39. The van der Waals surface area contributed by atoms with E-state index in [1.54, 1.807) is 0 Å². The Morgan fingerprint density at radius 1 is 0.611 bits per heavy atom. The van der Waals surface area contributed by atoms with Gasteiger partial charge >= 0.3 is 0 Å². The molecular weight excluding hydrogens is 224 g/mol. The third-order valence-electron chi connectivity index (χ3n) is 3.34. The topological polar surface area (TPSA) is 29.5 Å². The van der Waals surface area contributed by atoms with Crippen molar-refractivity contribution in [2.75, 3.05) is 19.8 Å². The Balaban J connectivity index is 2.86. The highest BCUT2D eigenvalue weighted by Gasteiger charge is 1.93. The molecule has 1 N–H and O–H groups in total. The number of ether oxygens (including phenoxy) is 1. The fourth-order valence-corrected chi connectivity index (χ4v) is 2.11. The number of aliphatic hydroxyl groups is 1. The van der Waals surface area contributed by atoms with Gasteiger partial charge < -0.3 is 9.84 Å². The van der Waals surface area contributed by atoms with E-state index in [0.29, 0.717) is 6.61 Å². The number of aliphatic hydroxyl groups excluding tert-OH is 1. The molecule has 0 unspecified atom stereocenters. The summed E-state index contributed by atoms with van der Waals surface area (Å²) in [6.45, 7) is 4.50. The summed E-state index contributed by atoms with van der Waals surface area (Å²) in [5.74, 6) is 0. The Morgan fingerprint density at radius 2 is 1.06 bits per heavy atom. The maximum atomic E-state index is 8.64. The van der Waals surface area contributed by atoms with Gasteiger partial charge in [0.2, 0.25) is 0 Å². The van der Waals surface area contributed by atoms with Crippen LogP contribution in [0.4, 0.5) is 0 Å². The van der Waals surface area contributed by atoms with E-state index in [9.17, 15) is 0 Å². The first kappa shape index (κ1) is 17.9. The summed E-state index contributed by atoms with van der Waals surface area (Å²) >= 11 is 0. The Hall–Kier alpha value is -0.0800. The number of rotatable bonds is 15. The molecule has 0 aromatic carbocycles. The Labute approximate surface area is 114 Å². The van der Waals surface area contributed by atoms with Gasteiger partial charge in [-0.25, -0.2) is 0 Å². The normalized spacial score (nSPS) is 11.0. The van der Waals surface area contributed by atoms with Crippen molar-refractivity contribution in [2.24, 2.45) is 0 Å². The van der Waals surface area contributed by atoms with E-state index in [0.717, 1.165) is 19.6 Å². The Morgan fingerprint density at radius 3 is 1.56 bits per heavy atom. The van der Waals surface area contributed by atoms with Crippen LogP contribution in [0.2, 0.25) is 0 Å². The van der Waals surface area contributed by atoms with Crippen LogP contribution < -0.4 is 0 Å². The standard InChI is InChI=1S/C16H34O2/c1-2-3-4-5-9-12-15-18-16-13-10-7-6-8-11-14-17/h17H,2-16H2,1H3. The van der Waals surface area contributed by atoms with Gasteiger partial charge in [-0.05, 0) is 19.3 Å². The minimum atomic E-state index is 0.349. The van der Waals surface area contributed by atoms with Crippen LogP contribution in [0.15, 0.2) is 0 Å². The first-order valence-electron chi connectivity index (χ1n) is 8.10. The lowest BCUT2D eigenvalue weighted by atomic mass is 10.1. The van der Waals surface area contributed by atoms with Crippen molar-refractivity contribution in [3.63, 3.8) is 0 Å². The molecule has 2 nitrogen and oxygen atoms in total. The van der Waals surface area contributed by atoms with Crippen LogP contribution in [-0.4, -0.2) is 24.9 Å². The molecule has 0 saturated heterocycles. The van der Waals surface area contributed by atoms with Crippen molar-refractivity contribution in [2.45, 2.75) is 84.0 Å². The lowest BCUT2D eigenvalue weighted by Crippen LogP contribution is -1.97. The Kier molecular flexibility index (Phi) is 16.8. The second kappa shape index (κ2) is 16.9. The van der Waals surface area contributed by atoms with E-state index in [2.05, 4.69) is 6.92 Å². The summed E-state index contributed by atoms with van der Waals surface area (Å²) in [6, 6.07) is 0. The van der Waals surface area contributed by atoms with Gasteiger partial charge in [-0.2, -0.15) is 0 Å². The predicted octanol–water partition coefficient (Wildman–Crippen LogP) is 4.70. The third-order valence-corrected chi connectivity index (χ3v) is 3.34.